The third kappa shape index (κ3) is 3.19. The van der Waals surface area contributed by atoms with Crippen LogP contribution in [0.1, 0.15) is 53.6 Å². The van der Waals surface area contributed by atoms with Crippen LogP contribution in [0.25, 0.3) is 5.70 Å². The van der Waals surface area contributed by atoms with E-state index in [0.717, 1.165) is 36.3 Å². The van der Waals surface area contributed by atoms with Gasteiger partial charge in [0.2, 0.25) is 5.91 Å². The van der Waals surface area contributed by atoms with E-state index < -0.39 is 0 Å². The van der Waals surface area contributed by atoms with Crippen molar-refractivity contribution in [2.24, 2.45) is 0 Å². The topological polar surface area (TPSA) is 54.0 Å². The van der Waals surface area contributed by atoms with Crippen molar-refractivity contribution >= 4 is 11.6 Å². The summed E-state index contributed by atoms with van der Waals surface area (Å²) in [6.45, 7) is 0.914. The summed E-state index contributed by atoms with van der Waals surface area (Å²) in [5.41, 5.74) is 8.32. The Hall–Kier alpha value is -2.46. The van der Waals surface area contributed by atoms with Crippen molar-refractivity contribution in [1.82, 2.24) is 15.6 Å². The predicted molar refractivity (Wildman–Crippen MR) is 106 cm³/mol. The summed E-state index contributed by atoms with van der Waals surface area (Å²) >= 11 is 0. The van der Waals surface area contributed by atoms with E-state index in [1.54, 1.807) is 0 Å². The summed E-state index contributed by atoms with van der Waals surface area (Å²) in [5.74, 6) is 0.0544. The summed E-state index contributed by atoms with van der Waals surface area (Å²) in [4.78, 5) is 17.1. The summed E-state index contributed by atoms with van der Waals surface area (Å²) in [7, 11) is 0. The van der Waals surface area contributed by atoms with Gasteiger partial charge >= 0.3 is 0 Å². The van der Waals surface area contributed by atoms with Crippen LogP contribution in [0.5, 0.6) is 0 Å². The summed E-state index contributed by atoms with van der Waals surface area (Å²) < 4.78 is 0. The first-order valence-electron chi connectivity index (χ1n) is 10.1. The summed E-state index contributed by atoms with van der Waals surface area (Å²) in [6, 6.07) is 11.1. The molecular weight excluding hydrogens is 334 g/mol. The molecule has 1 aliphatic heterocycles. The molecule has 2 N–H and O–H groups in total. The molecule has 5 rings (SSSR count). The van der Waals surface area contributed by atoms with Crippen LogP contribution in [0.3, 0.4) is 0 Å². The lowest BCUT2D eigenvalue weighted by Crippen LogP contribution is -2.27. The molecule has 2 heterocycles. The van der Waals surface area contributed by atoms with Gasteiger partial charge in [0.15, 0.2) is 0 Å². The monoisotopic (exact) mass is 359 g/mol. The second kappa shape index (κ2) is 6.93. The third-order valence-corrected chi connectivity index (χ3v) is 6.20. The minimum absolute atomic E-state index is 0.0544. The second-order valence-corrected chi connectivity index (χ2v) is 7.97. The van der Waals surface area contributed by atoms with Crippen LogP contribution in [0.2, 0.25) is 0 Å². The molecule has 1 aromatic carbocycles. The Morgan fingerprint density at radius 2 is 1.96 bits per heavy atom. The molecule has 4 heteroatoms. The van der Waals surface area contributed by atoms with Gasteiger partial charge in [-0.25, -0.2) is 0 Å². The number of pyridine rings is 1. The molecular formula is C23H25N3O. The zero-order chi connectivity index (χ0) is 18.2. The van der Waals surface area contributed by atoms with Crippen molar-refractivity contribution in [2.75, 3.05) is 0 Å². The van der Waals surface area contributed by atoms with Gasteiger partial charge in [0.25, 0.3) is 0 Å². The SMILES string of the molecule is O=C1Cc2cccnc2CC2=C(N1)c1cccc(CNC3CCCC3)c1C2. The first-order chi connectivity index (χ1) is 13.3. The fraction of sp³-hybridized carbons (Fsp3) is 0.391. The highest BCUT2D eigenvalue weighted by atomic mass is 16.1. The molecule has 1 fully saturated rings. The molecule has 0 bridgehead atoms. The van der Waals surface area contributed by atoms with Crippen LogP contribution >= 0.6 is 0 Å². The molecule has 4 nitrogen and oxygen atoms in total. The predicted octanol–water partition coefficient (Wildman–Crippen LogP) is 3.30. The first-order valence-corrected chi connectivity index (χ1v) is 10.1. The van der Waals surface area contributed by atoms with Gasteiger partial charge < -0.3 is 10.6 Å². The zero-order valence-electron chi connectivity index (χ0n) is 15.6. The van der Waals surface area contributed by atoms with E-state index >= 15 is 0 Å². The maximum atomic E-state index is 12.6. The van der Waals surface area contributed by atoms with Crippen LogP contribution in [-0.4, -0.2) is 16.9 Å². The Morgan fingerprint density at radius 3 is 2.85 bits per heavy atom. The van der Waals surface area contributed by atoms with E-state index in [1.807, 2.05) is 18.3 Å². The van der Waals surface area contributed by atoms with Gasteiger partial charge in [0.05, 0.1) is 6.42 Å². The molecule has 0 atom stereocenters. The van der Waals surface area contributed by atoms with Gasteiger partial charge in [-0.05, 0) is 47.6 Å². The van der Waals surface area contributed by atoms with E-state index in [1.165, 1.54) is 47.9 Å². The number of carbonyl (C=O) groups excluding carboxylic acids is 1. The maximum absolute atomic E-state index is 12.6. The van der Waals surface area contributed by atoms with E-state index in [4.69, 9.17) is 0 Å². The number of aromatic nitrogens is 1. The summed E-state index contributed by atoms with van der Waals surface area (Å²) in [5, 5.41) is 6.93. The van der Waals surface area contributed by atoms with E-state index in [9.17, 15) is 4.79 Å². The van der Waals surface area contributed by atoms with Gasteiger partial charge in [-0.2, -0.15) is 0 Å². The molecule has 3 aliphatic rings. The van der Waals surface area contributed by atoms with Crippen LogP contribution in [0.4, 0.5) is 0 Å². The third-order valence-electron chi connectivity index (χ3n) is 6.20. The molecule has 1 saturated carbocycles. The van der Waals surface area contributed by atoms with Crippen LogP contribution < -0.4 is 10.6 Å². The minimum Gasteiger partial charge on any atom is -0.325 e. The second-order valence-electron chi connectivity index (χ2n) is 7.97. The zero-order valence-corrected chi connectivity index (χ0v) is 15.6. The molecule has 1 aromatic heterocycles. The highest BCUT2D eigenvalue weighted by molar-refractivity contribution is 5.92. The number of carbonyl (C=O) groups is 1. The molecule has 0 radical (unpaired) electrons. The molecule has 0 saturated heterocycles. The maximum Gasteiger partial charge on any atom is 0.228 e. The van der Waals surface area contributed by atoms with Gasteiger partial charge in [-0.3, -0.25) is 9.78 Å². The van der Waals surface area contributed by atoms with E-state index in [2.05, 4.69) is 33.8 Å². The summed E-state index contributed by atoms with van der Waals surface area (Å²) in [6.07, 6.45) is 9.23. The number of benzene rings is 1. The molecule has 1 amide bonds. The van der Waals surface area contributed by atoms with Gasteiger partial charge in [0, 0.05) is 42.2 Å². The van der Waals surface area contributed by atoms with Crippen LogP contribution in [0.15, 0.2) is 42.1 Å². The first kappa shape index (κ1) is 16.7. The number of hydrogen-bond acceptors (Lipinski definition) is 3. The normalized spacial score (nSPS) is 19.2. The smallest absolute Gasteiger partial charge is 0.228 e. The quantitative estimate of drug-likeness (QED) is 0.884. The Kier molecular flexibility index (Phi) is 4.29. The van der Waals surface area contributed by atoms with Crippen molar-refractivity contribution in [2.45, 2.75) is 57.5 Å². The molecule has 138 valence electrons. The molecule has 0 unspecified atom stereocenters. The number of allylic oxidation sites excluding steroid dienone is 1. The highest BCUT2D eigenvalue weighted by Crippen LogP contribution is 2.36. The number of amides is 1. The van der Waals surface area contributed by atoms with Crippen molar-refractivity contribution < 1.29 is 4.79 Å². The molecule has 27 heavy (non-hydrogen) atoms. The van der Waals surface area contributed by atoms with Crippen LogP contribution in [-0.2, 0) is 30.6 Å². The lowest BCUT2D eigenvalue weighted by Gasteiger charge is -2.16. The number of rotatable bonds is 3. The minimum atomic E-state index is 0.0544. The standard InChI is InChI=1S/C23H25N3O/c27-22-13-15-6-4-10-24-21(15)12-17-11-20-16(14-25-18-7-1-2-8-18)5-3-9-19(20)23(17)26-22/h3-6,9-10,18,25H,1-2,7-8,11-14H2,(H,26,27). The number of fused-ring (bicyclic) bond motifs is 3. The lowest BCUT2D eigenvalue weighted by atomic mass is 9.98. The Balaban J connectivity index is 1.45. The van der Waals surface area contributed by atoms with E-state index in [-0.39, 0.29) is 5.91 Å². The van der Waals surface area contributed by atoms with E-state index in [0.29, 0.717) is 12.5 Å². The number of nitrogens with one attached hydrogen (secondary N) is 2. The molecule has 0 spiro atoms. The fourth-order valence-corrected chi connectivity index (χ4v) is 4.78. The lowest BCUT2D eigenvalue weighted by molar-refractivity contribution is -0.119. The average Bonchev–Trinajstić information content (AvgIpc) is 3.29. The van der Waals surface area contributed by atoms with Crippen molar-refractivity contribution in [3.8, 4) is 0 Å². The fourth-order valence-electron chi connectivity index (χ4n) is 4.78. The Labute approximate surface area is 160 Å². The molecule has 2 aromatic rings. The Bertz CT molecular complexity index is 925. The van der Waals surface area contributed by atoms with Gasteiger partial charge in [-0.1, -0.05) is 37.1 Å². The van der Waals surface area contributed by atoms with Crippen molar-refractivity contribution in [3.05, 3.63) is 70.0 Å². The van der Waals surface area contributed by atoms with Gasteiger partial charge in [-0.15, -0.1) is 0 Å². The van der Waals surface area contributed by atoms with Crippen LogP contribution in [0, 0.1) is 0 Å². The Morgan fingerprint density at radius 1 is 1.07 bits per heavy atom. The highest BCUT2D eigenvalue weighted by Gasteiger charge is 2.28. The number of nitrogens with zero attached hydrogens (tertiary/aromatic N) is 1. The van der Waals surface area contributed by atoms with Crippen molar-refractivity contribution in [3.63, 3.8) is 0 Å². The molecule has 2 aliphatic carbocycles. The van der Waals surface area contributed by atoms with Crippen molar-refractivity contribution in [1.29, 1.82) is 0 Å². The average molecular weight is 359 g/mol. The largest absolute Gasteiger partial charge is 0.325 e. The van der Waals surface area contributed by atoms with Gasteiger partial charge in [0.1, 0.15) is 0 Å². The number of hydrogen-bond donors (Lipinski definition) is 2.